The van der Waals surface area contributed by atoms with Crippen LogP contribution in [0.3, 0.4) is 0 Å². The first kappa shape index (κ1) is 15.0. The molecule has 0 saturated heterocycles. The lowest BCUT2D eigenvalue weighted by Crippen LogP contribution is -2.19. The molecule has 2 aromatic carbocycles. The first-order valence-corrected chi connectivity index (χ1v) is 6.50. The molecule has 21 heavy (non-hydrogen) atoms. The minimum Gasteiger partial charge on any atom is -0.478 e. The molecule has 2 aromatic rings. The quantitative estimate of drug-likeness (QED) is 0.883. The van der Waals surface area contributed by atoms with Crippen molar-refractivity contribution in [1.82, 2.24) is 0 Å². The van der Waals surface area contributed by atoms with Gasteiger partial charge in [-0.05, 0) is 43.2 Å². The fraction of sp³-hybridized carbons (Fsp3) is 0.188. The first-order valence-electron chi connectivity index (χ1n) is 6.50. The number of hydrogen-bond acceptors (Lipinski definition) is 2. The maximum absolute atomic E-state index is 13.7. The van der Waals surface area contributed by atoms with Crippen LogP contribution in [-0.2, 0) is 6.42 Å². The molecule has 0 saturated carbocycles. The zero-order valence-corrected chi connectivity index (χ0v) is 11.4. The van der Waals surface area contributed by atoms with E-state index in [0.29, 0.717) is 12.0 Å². The number of carboxylic acid groups (broad SMARTS) is 1. The molecule has 5 heteroatoms. The van der Waals surface area contributed by atoms with Crippen LogP contribution in [0, 0.1) is 11.6 Å². The maximum Gasteiger partial charge on any atom is 0.335 e. The Labute approximate surface area is 121 Å². The minimum atomic E-state index is -1.13. The summed E-state index contributed by atoms with van der Waals surface area (Å²) in [5.41, 5.74) is 0.614. The lowest BCUT2D eigenvalue weighted by Gasteiger charge is -2.16. The predicted octanol–water partition coefficient (Wildman–Crippen LogP) is 3.71. The molecule has 0 radical (unpaired) electrons. The van der Waals surface area contributed by atoms with Crippen LogP contribution in [0.1, 0.15) is 22.8 Å². The van der Waals surface area contributed by atoms with E-state index < -0.39 is 11.8 Å². The Morgan fingerprint density at radius 1 is 1.19 bits per heavy atom. The van der Waals surface area contributed by atoms with E-state index in [9.17, 15) is 13.6 Å². The van der Waals surface area contributed by atoms with E-state index in [2.05, 4.69) is 5.32 Å². The van der Waals surface area contributed by atoms with E-state index in [0.717, 1.165) is 6.07 Å². The highest BCUT2D eigenvalue weighted by atomic mass is 19.1. The molecule has 1 atom stereocenters. The van der Waals surface area contributed by atoms with Gasteiger partial charge >= 0.3 is 5.97 Å². The van der Waals surface area contributed by atoms with Gasteiger partial charge in [-0.25, -0.2) is 13.6 Å². The van der Waals surface area contributed by atoms with Crippen LogP contribution in [0.5, 0.6) is 0 Å². The van der Waals surface area contributed by atoms with E-state index in [-0.39, 0.29) is 23.1 Å². The molecular formula is C16H15F2NO2. The third kappa shape index (κ3) is 3.78. The summed E-state index contributed by atoms with van der Waals surface area (Å²) in [7, 11) is 0. The van der Waals surface area contributed by atoms with Crippen molar-refractivity contribution >= 4 is 11.7 Å². The molecule has 2 rings (SSSR count). The van der Waals surface area contributed by atoms with E-state index in [1.165, 1.54) is 18.2 Å². The molecule has 1 unspecified atom stereocenters. The molecule has 0 heterocycles. The molecule has 3 nitrogen and oxygen atoms in total. The van der Waals surface area contributed by atoms with Crippen molar-refractivity contribution in [2.24, 2.45) is 0 Å². The van der Waals surface area contributed by atoms with Crippen LogP contribution >= 0.6 is 0 Å². The number of hydrogen-bond donors (Lipinski definition) is 2. The second kappa shape index (κ2) is 6.35. The normalized spacial score (nSPS) is 12.0. The number of halogens is 2. The van der Waals surface area contributed by atoms with Crippen molar-refractivity contribution in [3.8, 4) is 0 Å². The summed E-state index contributed by atoms with van der Waals surface area (Å²) >= 11 is 0. The average molecular weight is 291 g/mol. The number of anilines is 1. The largest absolute Gasteiger partial charge is 0.478 e. The fourth-order valence-corrected chi connectivity index (χ4v) is 2.08. The highest BCUT2D eigenvalue weighted by molar-refractivity contribution is 5.88. The van der Waals surface area contributed by atoms with Gasteiger partial charge in [0.15, 0.2) is 0 Å². The zero-order chi connectivity index (χ0) is 15.4. The average Bonchev–Trinajstić information content (AvgIpc) is 2.43. The van der Waals surface area contributed by atoms with Crippen LogP contribution < -0.4 is 5.32 Å². The first-order chi connectivity index (χ1) is 9.97. The van der Waals surface area contributed by atoms with Gasteiger partial charge in [0.1, 0.15) is 11.6 Å². The Bertz CT molecular complexity index is 658. The molecular weight excluding hydrogens is 276 g/mol. The van der Waals surface area contributed by atoms with Gasteiger partial charge in [-0.15, -0.1) is 0 Å². The monoisotopic (exact) mass is 291 g/mol. The lowest BCUT2D eigenvalue weighted by molar-refractivity contribution is 0.0697. The van der Waals surface area contributed by atoms with Crippen LogP contribution in [0.4, 0.5) is 14.5 Å². The van der Waals surface area contributed by atoms with Gasteiger partial charge in [0.2, 0.25) is 0 Å². The van der Waals surface area contributed by atoms with E-state index in [4.69, 9.17) is 5.11 Å². The second-order valence-corrected chi connectivity index (χ2v) is 4.84. The predicted molar refractivity (Wildman–Crippen MR) is 76.5 cm³/mol. The molecule has 0 aliphatic heterocycles. The summed E-state index contributed by atoms with van der Waals surface area (Å²) in [4.78, 5) is 10.9. The van der Waals surface area contributed by atoms with Crippen molar-refractivity contribution in [2.45, 2.75) is 19.4 Å². The van der Waals surface area contributed by atoms with Crippen molar-refractivity contribution in [3.05, 3.63) is 65.2 Å². The van der Waals surface area contributed by atoms with Gasteiger partial charge in [0, 0.05) is 6.04 Å². The zero-order valence-electron chi connectivity index (χ0n) is 11.4. The smallest absolute Gasteiger partial charge is 0.335 e. The molecule has 0 aromatic heterocycles. The SMILES string of the molecule is CC(Cc1ccccc1F)Nc1cc(C(=O)O)ccc1F. The maximum atomic E-state index is 13.7. The second-order valence-electron chi connectivity index (χ2n) is 4.84. The Kier molecular flexibility index (Phi) is 4.52. The molecule has 2 N–H and O–H groups in total. The summed E-state index contributed by atoms with van der Waals surface area (Å²) in [6, 6.07) is 9.65. The number of benzene rings is 2. The summed E-state index contributed by atoms with van der Waals surface area (Å²) in [5.74, 6) is -1.98. The topological polar surface area (TPSA) is 49.3 Å². The number of nitrogens with one attached hydrogen (secondary N) is 1. The number of rotatable bonds is 5. The molecule has 110 valence electrons. The molecule has 0 bridgehead atoms. The molecule has 0 aliphatic rings. The summed E-state index contributed by atoms with van der Waals surface area (Å²) in [6.45, 7) is 1.78. The van der Waals surface area contributed by atoms with Crippen LogP contribution in [0.2, 0.25) is 0 Å². The van der Waals surface area contributed by atoms with Crippen LogP contribution in [0.25, 0.3) is 0 Å². The van der Waals surface area contributed by atoms with Gasteiger partial charge in [0.05, 0.1) is 11.3 Å². The van der Waals surface area contributed by atoms with Gasteiger partial charge in [-0.2, -0.15) is 0 Å². The Balaban J connectivity index is 2.12. The van der Waals surface area contributed by atoms with Gasteiger partial charge in [-0.1, -0.05) is 18.2 Å². The number of aromatic carboxylic acids is 1. The Hall–Kier alpha value is -2.43. The van der Waals surface area contributed by atoms with E-state index in [1.807, 2.05) is 0 Å². The van der Waals surface area contributed by atoms with Crippen molar-refractivity contribution in [2.75, 3.05) is 5.32 Å². The molecule has 0 fully saturated rings. The van der Waals surface area contributed by atoms with Crippen LogP contribution in [-0.4, -0.2) is 17.1 Å². The van der Waals surface area contributed by atoms with Crippen molar-refractivity contribution in [3.63, 3.8) is 0 Å². The Morgan fingerprint density at radius 2 is 1.90 bits per heavy atom. The third-order valence-electron chi connectivity index (χ3n) is 3.10. The number of carboxylic acids is 1. The highest BCUT2D eigenvalue weighted by Gasteiger charge is 2.12. The Morgan fingerprint density at radius 3 is 2.57 bits per heavy atom. The van der Waals surface area contributed by atoms with Crippen LogP contribution in [0.15, 0.2) is 42.5 Å². The third-order valence-corrected chi connectivity index (χ3v) is 3.10. The van der Waals surface area contributed by atoms with Crippen molar-refractivity contribution < 1.29 is 18.7 Å². The highest BCUT2D eigenvalue weighted by Crippen LogP contribution is 2.19. The summed E-state index contributed by atoms with van der Waals surface area (Å²) in [5, 5.41) is 11.8. The number of carbonyl (C=O) groups is 1. The minimum absolute atomic E-state index is 0.00279. The lowest BCUT2D eigenvalue weighted by atomic mass is 10.1. The summed E-state index contributed by atoms with van der Waals surface area (Å²) in [6.07, 6.45) is 0.364. The van der Waals surface area contributed by atoms with Gasteiger partial charge < -0.3 is 10.4 Å². The standard InChI is InChI=1S/C16H15F2NO2/c1-10(8-11-4-2-3-5-13(11)17)19-15-9-12(16(20)21)6-7-14(15)18/h2-7,9-10,19H,8H2,1H3,(H,20,21). The fourth-order valence-electron chi connectivity index (χ4n) is 2.08. The van der Waals surface area contributed by atoms with Gasteiger partial charge in [0.25, 0.3) is 0 Å². The summed E-state index contributed by atoms with van der Waals surface area (Å²) < 4.78 is 27.2. The van der Waals surface area contributed by atoms with Crippen molar-refractivity contribution in [1.29, 1.82) is 0 Å². The van der Waals surface area contributed by atoms with E-state index >= 15 is 0 Å². The molecule has 0 aliphatic carbocycles. The molecule has 0 amide bonds. The van der Waals surface area contributed by atoms with Gasteiger partial charge in [-0.3, -0.25) is 0 Å². The molecule has 0 spiro atoms. The van der Waals surface area contributed by atoms with E-state index in [1.54, 1.807) is 25.1 Å².